The molecule has 0 radical (unpaired) electrons. The van der Waals surface area contributed by atoms with Gasteiger partial charge in [0.1, 0.15) is 0 Å². The Bertz CT molecular complexity index is 938. The number of fused-ring (bicyclic) bond motifs is 2. The number of anilines is 2. The molecule has 2 atom stereocenters. The maximum atomic E-state index is 12.9. The molecule has 0 saturated heterocycles. The van der Waals surface area contributed by atoms with Crippen molar-refractivity contribution in [2.24, 2.45) is 0 Å². The molecular formula is C21H21N3O3. The predicted octanol–water partition coefficient (Wildman–Crippen LogP) is 2.87. The maximum absolute atomic E-state index is 12.9. The highest BCUT2D eigenvalue weighted by Crippen LogP contribution is 2.33. The first-order valence-corrected chi connectivity index (χ1v) is 9.13. The first kappa shape index (κ1) is 17.3. The van der Waals surface area contributed by atoms with E-state index in [1.165, 1.54) is 0 Å². The number of benzene rings is 2. The lowest BCUT2D eigenvalue weighted by Crippen LogP contribution is -2.36. The Kier molecular flexibility index (Phi) is 4.39. The lowest BCUT2D eigenvalue weighted by atomic mass is 9.89. The summed E-state index contributed by atoms with van der Waals surface area (Å²) >= 11 is 0. The molecule has 4 rings (SSSR count). The fraction of sp³-hybridized carbons (Fsp3) is 0.286. The van der Waals surface area contributed by atoms with Crippen molar-refractivity contribution in [1.29, 1.82) is 0 Å². The molecule has 27 heavy (non-hydrogen) atoms. The third-order valence-corrected chi connectivity index (χ3v) is 5.20. The quantitative estimate of drug-likeness (QED) is 0.784. The van der Waals surface area contributed by atoms with Crippen molar-refractivity contribution >= 4 is 29.1 Å². The highest BCUT2D eigenvalue weighted by Gasteiger charge is 2.31. The van der Waals surface area contributed by atoms with Gasteiger partial charge in [-0.1, -0.05) is 30.3 Å². The van der Waals surface area contributed by atoms with Crippen LogP contribution in [0.4, 0.5) is 11.4 Å². The average molecular weight is 363 g/mol. The number of hydrogen-bond acceptors (Lipinski definition) is 3. The van der Waals surface area contributed by atoms with Crippen LogP contribution in [0.2, 0.25) is 0 Å². The number of carbonyl (C=O) groups excluding carboxylic acids is 3. The van der Waals surface area contributed by atoms with E-state index in [-0.39, 0.29) is 30.2 Å². The van der Waals surface area contributed by atoms with Gasteiger partial charge in [-0.2, -0.15) is 0 Å². The zero-order chi connectivity index (χ0) is 19.0. The van der Waals surface area contributed by atoms with Crippen LogP contribution in [0.25, 0.3) is 0 Å². The van der Waals surface area contributed by atoms with Crippen molar-refractivity contribution in [3.63, 3.8) is 0 Å². The second kappa shape index (κ2) is 6.87. The van der Waals surface area contributed by atoms with Gasteiger partial charge >= 0.3 is 0 Å². The monoisotopic (exact) mass is 363 g/mol. The van der Waals surface area contributed by atoms with Gasteiger partial charge in [0.25, 0.3) is 0 Å². The van der Waals surface area contributed by atoms with Crippen molar-refractivity contribution in [3.05, 3.63) is 59.2 Å². The lowest BCUT2D eigenvalue weighted by molar-refractivity contribution is -0.126. The third-order valence-electron chi connectivity index (χ3n) is 5.20. The van der Waals surface area contributed by atoms with Gasteiger partial charge in [-0.15, -0.1) is 0 Å². The van der Waals surface area contributed by atoms with Gasteiger partial charge in [0, 0.05) is 24.2 Å². The molecule has 0 bridgehead atoms. The molecule has 3 amide bonds. The minimum absolute atomic E-state index is 0.0332. The Labute approximate surface area is 157 Å². The fourth-order valence-electron chi connectivity index (χ4n) is 3.72. The molecule has 2 aliphatic rings. The number of amides is 3. The summed E-state index contributed by atoms with van der Waals surface area (Å²) in [6.07, 6.45) is 1.32. The minimum Gasteiger partial charge on any atom is -0.349 e. The van der Waals surface area contributed by atoms with E-state index in [0.29, 0.717) is 18.5 Å². The predicted molar refractivity (Wildman–Crippen MR) is 102 cm³/mol. The van der Waals surface area contributed by atoms with Crippen LogP contribution >= 0.6 is 0 Å². The summed E-state index contributed by atoms with van der Waals surface area (Å²) in [5.41, 5.74) is 4.44. The van der Waals surface area contributed by atoms with Crippen LogP contribution in [0, 0.1) is 0 Å². The number of carbonyl (C=O) groups is 3. The Morgan fingerprint density at radius 3 is 2.67 bits per heavy atom. The van der Waals surface area contributed by atoms with Crippen LogP contribution < -0.4 is 16.0 Å². The molecule has 0 spiro atoms. The van der Waals surface area contributed by atoms with Crippen molar-refractivity contribution in [2.45, 2.75) is 38.1 Å². The van der Waals surface area contributed by atoms with E-state index in [1.54, 1.807) is 0 Å². The first-order valence-electron chi connectivity index (χ1n) is 9.13. The van der Waals surface area contributed by atoms with Crippen LogP contribution in [-0.2, 0) is 20.8 Å². The van der Waals surface area contributed by atoms with E-state index >= 15 is 0 Å². The van der Waals surface area contributed by atoms with Crippen molar-refractivity contribution in [1.82, 2.24) is 5.32 Å². The van der Waals surface area contributed by atoms with Crippen LogP contribution in [0.15, 0.2) is 42.5 Å². The largest absolute Gasteiger partial charge is 0.349 e. The summed E-state index contributed by atoms with van der Waals surface area (Å²) in [6, 6.07) is 13.0. The molecule has 6 nitrogen and oxygen atoms in total. The second-order valence-corrected chi connectivity index (χ2v) is 7.09. The topological polar surface area (TPSA) is 87.3 Å². The maximum Gasteiger partial charge on any atom is 0.228 e. The summed E-state index contributed by atoms with van der Waals surface area (Å²) in [5.74, 6) is -0.762. The SMILES string of the molecule is C[C@H](NC(=O)[C@@H]1CC(=O)Nc2ccccc21)c1ccc2c(c1)CCC(=O)N2. The Balaban J connectivity index is 1.52. The Morgan fingerprint density at radius 1 is 1.04 bits per heavy atom. The standard InChI is InChI=1S/C21H21N3O3/c1-12(13-6-8-17-14(10-13)7-9-19(25)23-17)22-21(27)16-11-20(26)24-18-5-3-2-4-15(16)18/h2-6,8,10,12,16H,7,9,11H2,1H3,(H,22,27)(H,23,25)(H,24,26)/t12-,16+/m0/s1. The minimum atomic E-state index is -0.491. The molecule has 2 aliphatic heterocycles. The van der Waals surface area contributed by atoms with Crippen molar-refractivity contribution in [3.8, 4) is 0 Å². The van der Waals surface area contributed by atoms with Gasteiger partial charge in [0.15, 0.2) is 0 Å². The van der Waals surface area contributed by atoms with Crippen LogP contribution in [0.1, 0.15) is 48.4 Å². The van der Waals surface area contributed by atoms with Gasteiger partial charge in [-0.3, -0.25) is 14.4 Å². The number of rotatable bonds is 3. The summed E-state index contributed by atoms with van der Waals surface area (Å²) in [5, 5.41) is 8.71. The average Bonchev–Trinajstić information content (AvgIpc) is 2.66. The van der Waals surface area contributed by atoms with Crippen molar-refractivity contribution < 1.29 is 14.4 Å². The molecule has 0 aromatic heterocycles. The summed E-state index contributed by atoms with van der Waals surface area (Å²) in [4.78, 5) is 36.3. The molecule has 0 aliphatic carbocycles. The summed E-state index contributed by atoms with van der Waals surface area (Å²) in [7, 11) is 0. The normalized spacial score (nSPS) is 19.2. The molecule has 0 fully saturated rings. The van der Waals surface area contributed by atoms with Gasteiger partial charge in [0.2, 0.25) is 17.7 Å². The molecule has 3 N–H and O–H groups in total. The zero-order valence-corrected chi connectivity index (χ0v) is 15.0. The Hall–Kier alpha value is -3.15. The molecular weight excluding hydrogens is 342 g/mol. The number of para-hydroxylation sites is 1. The van der Waals surface area contributed by atoms with E-state index in [0.717, 1.165) is 22.4 Å². The molecule has 6 heteroatoms. The highest BCUT2D eigenvalue weighted by molar-refractivity contribution is 6.01. The van der Waals surface area contributed by atoms with Gasteiger partial charge < -0.3 is 16.0 Å². The lowest BCUT2D eigenvalue weighted by Gasteiger charge is -2.26. The van der Waals surface area contributed by atoms with E-state index < -0.39 is 5.92 Å². The van der Waals surface area contributed by atoms with E-state index in [4.69, 9.17) is 0 Å². The van der Waals surface area contributed by atoms with E-state index in [2.05, 4.69) is 16.0 Å². The van der Waals surface area contributed by atoms with E-state index in [9.17, 15) is 14.4 Å². The number of hydrogen-bond donors (Lipinski definition) is 3. The van der Waals surface area contributed by atoms with Crippen molar-refractivity contribution in [2.75, 3.05) is 10.6 Å². The third kappa shape index (κ3) is 3.43. The molecule has 2 aromatic rings. The number of nitrogens with one attached hydrogen (secondary N) is 3. The smallest absolute Gasteiger partial charge is 0.228 e. The first-order chi connectivity index (χ1) is 13.0. The van der Waals surface area contributed by atoms with Gasteiger partial charge in [-0.25, -0.2) is 0 Å². The molecule has 0 saturated carbocycles. The fourth-order valence-corrected chi connectivity index (χ4v) is 3.72. The van der Waals surface area contributed by atoms with Crippen LogP contribution in [-0.4, -0.2) is 17.7 Å². The molecule has 138 valence electrons. The Morgan fingerprint density at radius 2 is 1.81 bits per heavy atom. The van der Waals surface area contributed by atoms with Crippen LogP contribution in [0.3, 0.4) is 0 Å². The second-order valence-electron chi connectivity index (χ2n) is 7.09. The highest BCUT2D eigenvalue weighted by atomic mass is 16.2. The molecule has 2 heterocycles. The zero-order valence-electron chi connectivity index (χ0n) is 15.0. The van der Waals surface area contributed by atoms with Gasteiger partial charge in [-0.05, 0) is 42.2 Å². The number of aryl methyl sites for hydroxylation is 1. The molecule has 2 aromatic carbocycles. The van der Waals surface area contributed by atoms with Gasteiger partial charge in [0.05, 0.1) is 12.0 Å². The summed E-state index contributed by atoms with van der Waals surface area (Å²) in [6.45, 7) is 1.93. The van der Waals surface area contributed by atoms with Crippen LogP contribution in [0.5, 0.6) is 0 Å². The molecule has 0 unspecified atom stereocenters. The van der Waals surface area contributed by atoms with E-state index in [1.807, 2.05) is 49.4 Å². The summed E-state index contributed by atoms with van der Waals surface area (Å²) < 4.78 is 0.